The molecule has 0 spiro atoms. The highest BCUT2D eigenvalue weighted by Crippen LogP contribution is 2.35. The first-order chi connectivity index (χ1) is 10.6. The lowest BCUT2D eigenvalue weighted by atomic mass is 10.0. The van der Waals surface area contributed by atoms with Crippen LogP contribution in [0.25, 0.3) is 0 Å². The first-order valence-electron chi connectivity index (χ1n) is 8.01. The number of hydrogen-bond acceptors (Lipinski definition) is 3. The van der Waals surface area contributed by atoms with Crippen LogP contribution in [-0.2, 0) is 15.9 Å². The Morgan fingerprint density at radius 1 is 1.35 bits per heavy atom. The molecule has 2 atom stereocenters. The third kappa shape index (κ3) is 4.14. The molecule has 1 aliphatic heterocycles. The topological polar surface area (TPSA) is 38.8 Å². The van der Waals surface area contributed by atoms with Gasteiger partial charge in [-0.1, -0.05) is 36.4 Å². The van der Waals surface area contributed by atoms with Crippen molar-refractivity contribution in [1.29, 1.82) is 0 Å². The number of carbonyl (C=O) groups excluding carboxylic acids is 1. The number of benzene rings is 1. The zero-order valence-electron chi connectivity index (χ0n) is 14.7. The van der Waals surface area contributed by atoms with Gasteiger partial charge in [-0.05, 0) is 46.6 Å². The van der Waals surface area contributed by atoms with E-state index in [2.05, 4.69) is 18.7 Å². The second kappa shape index (κ2) is 6.36. The molecule has 0 saturated carbocycles. The highest BCUT2D eigenvalue weighted by molar-refractivity contribution is 5.70. The monoisotopic (exact) mass is 317 g/mol. The van der Waals surface area contributed by atoms with Gasteiger partial charge in [-0.25, -0.2) is 4.79 Å². The van der Waals surface area contributed by atoms with Crippen molar-refractivity contribution in [2.24, 2.45) is 0 Å². The van der Waals surface area contributed by atoms with Gasteiger partial charge < -0.3 is 9.47 Å². The van der Waals surface area contributed by atoms with Crippen LogP contribution in [-0.4, -0.2) is 34.5 Å². The highest BCUT2D eigenvalue weighted by atomic mass is 16.6. The van der Waals surface area contributed by atoms with E-state index in [0.29, 0.717) is 6.42 Å². The van der Waals surface area contributed by atoms with Gasteiger partial charge in [-0.3, -0.25) is 4.90 Å². The molecule has 0 radical (unpaired) electrons. The van der Waals surface area contributed by atoms with Crippen LogP contribution < -0.4 is 0 Å². The van der Waals surface area contributed by atoms with Crippen LogP contribution in [0.2, 0.25) is 0 Å². The van der Waals surface area contributed by atoms with Gasteiger partial charge in [0, 0.05) is 0 Å². The molecule has 2 unspecified atom stereocenters. The molecular formula is C19H27NO3. The molecule has 0 aliphatic carbocycles. The highest BCUT2D eigenvalue weighted by Gasteiger charge is 2.50. The number of hydrogen-bond donors (Lipinski definition) is 0. The molecule has 2 rings (SSSR count). The standard InChI is InChI=1S/C19H27NO3/c1-7-16-15(13-14-11-9-8-10-12-14)20(19(5,6)22-16)17(21)23-18(2,3)4/h7-12,15-16H,1,13H2,2-6H3. The van der Waals surface area contributed by atoms with E-state index < -0.39 is 11.3 Å². The van der Waals surface area contributed by atoms with Gasteiger partial charge >= 0.3 is 6.09 Å². The molecule has 1 fully saturated rings. The van der Waals surface area contributed by atoms with Gasteiger partial charge in [0.2, 0.25) is 0 Å². The summed E-state index contributed by atoms with van der Waals surface area (Å²) in [7, 11) is 0. The zero-order chi connectivity index (χ0) is 17.3. The van der Waals surface area contributed by atoms with Gasteiger partial charge in [0.25, 0.3) is 0 Å². The number of carbonyl (C=O) groups is 1. The van der Waals surface area contributed by atoms with Crippen molar-refractivity contribution >= 4 is 6.09 Å². The first-order valence-corrected chi connectivity index (χ1v) is 8.01. The van der Waals surface area contributed by atoms with Crippen molar-refractivity contribution in [2.75, 3.05) is 0 Å². The predicted molar refractivity (Wildman–Crippen MR) is 91.2 cm³/mol. The third-order valence-corrected chi connectivity index (χ3v) is 3.83. The Morgan fingerprint density at radius 3 is 2.48 bits per heavy atom. The fraction of sp³-hybridized carbons (Fsp3) is 0.526. The molecule has 23 heavy (non-hydrogen) atoms. The van der Waals surface area contributed by atoms with Gasteiger partial charge in [-0.2, -0.15) is 0 Å². The molecular weight excluding hydrogens is 290 g/mol. The summed E-state index contributed by atoms with van der Waals surface area (Å²) < 4.78 is 11.6. The molecule has 1 aromatic rings. The van der Waals surface area contributed by atoms with Gasteiger partial charge in [0.15, 0.2) is 0 Å². The number of ether oxygens (including phenoxy) is 2. The predicted octanol–water partition coefficient (Wildman–Crippen LogP) is 4.16. The van der Waals surface area contributed by atoms with E-state index in [1.807, 2.05) is 52.8 Å². The lowest BCUT2D eigenvalue weighted by Gasteiger charge is -2.35. The molecule has 1 aliphatic rings. The first kappa shape index (κ1) is 17.5. The summed E-state index contributed by atoms with van der Waals surface area (Å²) in [6.07, 6.45) is 1.88. The minimum absolute atomic E-state index is 0.139. The van der Waals surface area contributed by atoms with Crippen molar-refractivity contribution in [3.63, 3.8) is 0 Å². The minimum atomic E-state index is -0.735. The lowest BCUT2D eigenvalue weighted by Crippen LogP contribution is -2.50. The Hall–Kier alpha value is -1.81. The fourth-order valence-corrected chi connectivity index (χ4v) is 2.95. The largest absolute Gasteiger partial charge is 0.444 e. The normalized spacial score (nSPS) is 23.6. The van der Waals surface area contributed by atoms with Gasteiger partial charge in [-0.15, -0.1) is 6.58 Å². The van der Waals surface area contributed by atoms with E-state index in [9.17, 15) is 4.79 Å². The Labute approximate surface area is 139 Å². The Bertz CT molecular complexity index is 560. The van der Waals surface area contributed by atoms with E-state index in [-0.39, 0.29) is 18.2 Å². The molecule has 0 aromatic heterocycles. The molecule has 0 N–H and O–H groups in total. The summed E-state index contributed by atoms with van der Waals surface area (Å²) in [5.74, 6) is 0. The summed E-state index contributed by atoms with van der Waals surface area (Å²) in [5.41, 5.74) is -0.128. The maximum Gasteiger partial charge on any atom is 0.412 e. The molecule has 0 bridgehead atoms. The van der Waals surface area contributed by atoms with Crippen molar-refractivity contribution in [1.82, 2.24) is 4.90 Å². The fourth-order valence-electron chi connectivity index (χ4n) is 2.95. The molecule has 1 amide bonds. The maximum atomic E-state index is 12.7. The smallest absolute Gasteiger partial charge is 0.412 e. The van der Waals surface area contributed by atoms with Crippen molar-refractivity contribution in [2.45, 2.75) is 64.5 Å². The third-order valence-electron chi connectivity index (χ3n) is 3.83. The SMILES string of the molecule is C=CC1OC(C)(C)N(C(=O)OC(C)(C)C)C1Cc1ccccc1. The summed E-state index contributed by atoms with van der Waals surface area (Å²) in [6, 6.07) is 9.94. The van der Waals surface area contributed by atoms with Gasteiger partial charge in [0.05, 0.1) is 12.1 Å². The van der Waals surface area contributed by atoms with Crippen LogP contribution in [0.4, 0.5) is 4.79 Å². The number of nitrogens with zero attached hydrogens (tertiary/aromatic N) is 1. The van der Waals surface area contributed by atoms with Crippen molar-refractivity contribution in [3.8, 4) is 0 Å². The molecule has 1 heterocycles. The van der Waals surface area contributed by atoms with Crippen LogP contribution in [0.5, 0.6) is 0 Å². The molecule has 126 valence electrons. The number of amides is 1. The second-order valence-electron chi connectivity index (χ2n) is 7.37. The molecule has 1 saturated heterocycles. The summed E-state index contributed by atoms with van der Waals surface area (Å²) in [5, 5.41) is 0. The molecule has 4 heteroatoms. The number of rotatable bonds is 3. The van der Waals surface area contributed by atoms with Crippen LogP contribution in [0, 0.1) is 0 Å². The Kier molecular flexibility index (Phi) is 4.85. The lowest BCUT2D eigenvalue weighted by molar-refractivity contribution is -0.0715. The van der Waals surface area contributed by atoms with E-state index in [1.165, 1.54) is 0 Å². The van der Waals surface area contributed by atoms with E-state index in [0.717, 1.165) is 5.56 Å². The van der Waals surface area contributed by atoms with Crippen LogP contribution in [0.3, 0.4) is 0 Å². The average Bonchev–Trinajstić information content (AvgIpc) is 2.68. The molecule has 4 nitrogen and oxygen atoms in total. The summed E-state index contributed by atoms with van der Waals surface area (Å²) in [4.78, 5) is 14.4. The van der Waals surface area contributed by atoms with Crippen LogP contribution in [0.1, 0.15) is 40.2 Å². The minimum Gasteiger partial charge on any atom is -0.444 e. The van der Waals surface area contributed by atoms with E-state index >= 15 is 0 Å². The van der Waals surface area contributed by atoms with Crippen molar-refractivity contribution < 1.29 is 14.3 Å². The van der Waals surface area contributed by atoms with Gasteiger partial charge in [0.1, 0.15) is 11.3 Å². The summed E-state index contributed by atoms with van der Waals surface area (Å²) >= 11 is 0. The van der Waals surface area contributed by atoms with Crippen LogP contribution >= 0.6 is 0 Å². The Balaban J connectivity index is 2.29. The van der Waals surface area contributed by atoms with E-state index in [1.54, 1.807) is 11.0 Å². The van der Waals surface area contributed by atoms with E-state index in [4.69, 9.17) is 9.47 Å². The molecule has 1 aromatic carbocycles. The van der Waals surface area contributed by atoms with Crippen LogP contribution in [0.15, 0.2) is 43.0 Å². The van der Waals surface area contributed by atoms with Crippen molar-refractivity contribution in [3.05, 3.63) is 48.6 Å². The second-order valence-corrected chi connectivity index (χ2v) is 7.37. The summed E-state index contributed by atoms with van der Waals surface area (Å²) in [6.45, 7) is 13.2. The Morgan fingerprint density at radius 2 is 1.96 bits per heavy atom. The zero-order valence-corrected chi connectivity index (χ0v) is 14.7. The average molecular weight is 317 g/mol. The quantitative estimate of drug-likeness (QED) is 0.786. The maximum absolute atomic E-state index is 12.7.